The molecule has 3 N–H and O–H groups in total. The molecule has 0 aromatic heterocycles. The summed E-state index contributed by atoms with van der Waals surface area (Å²) in [6.07, 6.45) is 1.69. The SMILES string of the molecule is CCC(C)(C)C(=O)NC(C)CCN. The molecule has 0 spiro atoms. The van der Waals surface area contributed by atoms with Crippen LogP contribution >= 0.6 is 0 Å². The Bertz CT molecular complexity index is 166. The van der Waals surface area contributed by atoms with Crippen LogP contribution in [0, 0.1) is 5.41 Å². The van der Waals surface area contributed by atoms with Crippen molar-refractivity contribution >= 4 is 5.91 Å². The van der Waals surface area contributed by atoms with Crippen molar-refractivity contribution in [1.82, 2.24) is 5.32 Å². The number of rotatable bonds is 5. The molecule has 0 aromatic rings. The molecule has 1 unspecified atom stereocenters. The fourth-order valence-electron chi connectivity index (χ4n) is 0.902. The first-order valence-corrected chi connectivity index (χ1v) is 4.95. The third-order valence-corrected chi connectivity index (χ3v) is 2.48. The molecule has 0 aromatic carbocycles. The zero-order valence-electron chi connectivity index (χ0n) is 9.18. The molecule has 0 radical (unpaired) electrons. The number of nitrogens with one attached hydrogen (secondary N) is 1. The summed E-state index contributed by atoms with van der Waals surface area (Å²) in [6.45, 7) is 8.53. The van der Waals surface area contributed by atoms with Crippen molar-refractivity contribution in [3.8, 4) is 0 Å². The lowest BCUT2D eigenvalue weighted by Crippen LogP contribution is -2.42. The number of carbonyl (C=O) groups excluding carboxylic acids is 1. The molecular weight excluding hydrogens is 164 g/mol. The molecular formula is C10H22N2O. The molecule has 1 atom stereocenters. The van der Waals surface area contributed by atoms with E-state index in [1.54, 1.807) is 0 Å². The van der Waals surface area contributed by atoms with Gasteiger partial charge in [-0.05, 0) is 26.3 Å². The van der Waals surface area contributed by atoms with Gasteiger partial charge in [-0.15, -0.1) is 0 Å². The van der Waals surface area contributed by atoms with Gasteiger partial charge in [-0.3, -0.25) is 4.79 Å². The predicted octanol–water partition coefficient (Wildman–Crippen LogP) is 1.28. The number of carbonyl (C=O) groups is 1. The van der Waals surface area contributed by atoms with Crippen molar-refractivity contribution in [2.75, 3.05) is 6.54 Å². The highest BCUT2D eigenvalue weighted by Crippen LogP contribution is 2.19. The summed E-state index contributed by atoms with van der Waals surface area (Å²) in [5.41, 5.74) is 5.13. The van der Waals surface area contributed by atoms with Crippen LogP contribution in [-0.4, -0.2) is 18.5 Å². The van der Waals surface area contributed by atoms with E-state index in [4.69, 9.17) is 5.73 Å². The quantitative estimate of drug-likeness (QED) is 0.679. The second-order valence-corrected chi connectivity index (χ2v) is 4.19. The Labute approximate surface area is 81.1 Å². The highest BCUT2D eigenvalue weighted by molar-refractivity contribution is 5.81. The van der Waals surface area contributed by atoms with E-state index in [2.05, 4.69) is 5.32 Å². The van der Waals surface area contributed by atoms with Gasteiger partial charge < -0.3 is 11.1 Å². The first kappa shape index (κ1) is 12.4. The lowest BCUT2D eigenvalue weighted by molar-refractivity contribution is -0.130. The summed E-state index contributed by atoms with van der Waals surface area (Å²) in [7, 11) is 0. The van der Waals surface area contributed by atoms with E-state index in [1.165, 1.54) is 0 Å². The van der Waals surface area contributed by atoms with Crippen LogP contribution in [-0.2, 0) is 4.79 Å². The molecule has 0 saturated heterocycles. The summed E-state index contributed by atoms with van der Waals surface area (Å²) in [4.78, 5) is 11.6. The van der Waals surface area contributed by atoms with Gasteiger partial charge in [0, 0.05) is 11.5 Å². The van der Waals surface area contributed by atoms with Crippen molar-refractivity contribution in [3.05, 3.63) is 0 Å². The van der Waals surface area contributed by atoms with E-state index < -0.39 is 0 Å². The van der Waals surface area contributed by atoms with E-state index in [9.17, 15) is 4.79 Å². The first-order chi connectivity index (χ1) is 5.94. The Hall–Kier alpha value is -0.570. The standard InChI is InChI=1S/C10H22N2O/c1-5-10(3,4)9(13)12-8(2)6-7-11/h8H,5-7,11H2,1-4H3,(H,12,13). The topological polar surface area (TPSA) is 55.1 Å². The van der Waals surface area contributed by atoms with E-state index in [0.29, 0.717) is 6.54 Å². The van der Waals surface area contributed by atoms with Crippen molar-refractivity contribution in [3.63, 3.8) is 0 Å². The molecule has 0 bridgehead atoms. The second kappa shape index (κ2) is 5.22. The molecule has 0 saturated carbocycles. The zero-order valence-corrected chi connectivity index (χ0v) is 9.18. The molecule has 1 amide bonds. The van der Waals surface area contributed by atoms with E-state index in [-0.39, 0.29) is 17.4 Å². The normalized spacial score (nSPS) is 13.9. The van der Waals surface area contributed by atoms with E-state index >= 15 is 0 Å². The maximum atomic E-state index is 11.6. The van der Waals surface area contributed by atoms with Crippen LogP contribution in [0.1, 0.15) is 40.5 Å². The Morgan fingerprint density at radius 1 is 1.54 bits per heavy atom. The number of nitrogens with two attached hydrogens (primary N) is 1. The minimum absolute atomic E-state index is 0.121. The molecule has 78 valence electrons. The highest BCUT2D eigenvalue weighted by Gasteiger charge is 2.25. The Morgan fingerprint density at radius 3 is 2.46 bits per heavy atom. The van der Waals surface area contributed by atoms with Gasteiger partial charge in [0.1, 0.15) is 0 Å². The van der Waals surface area contributed by atoms with E-state index in [0.717, 1.165) is 12.8 Å². The van der Waals surface area contributed by atoms with Crippen molar-refractivity contribution in [2.45, 2.75) is 46.6 Å². The fraction of sp³-hybridized carbons (Fsp3) is 0.900. The van der Waals surface area contributed by atoms with Gasteiger partial charge in [-0.25, -0.2) is 0 Å². The van der Waals surface area contributed by atoms with Gasteiger partial charge in [-0.2, -0.15) is 0 Å². The van der Waals surface area contributed by atoms with Gasteiger partial charge >= 0.3 is 0 Å². The first-order valence-electron chi connectivity index (χ1n) is 4.95. The van der Waals surface area contributed by atoms with Gasteiger partial charge in [0.15, 0.2) is 0 Å². The van der Waals surface area contributed by atoms with Crippen LogP contribution in [0.3, 0.4) is 0 Å². The number of hydrogen-bond donors (Lipinski definition) is 2. The van der Waals surface area contributed by atoms with Crippen LogP contribution in [0.2, 0.25) is 0 Å². The molecule has 3 heteroatoms. The van der Waals surface area contributed by atoms with Crippen LogP contribution in [0.5, 0.6) is 0 Å². The Kier molecular flexibility index (Phi) is 4.99. The average Bonchev–Trinajstić information content (AvgIpc) is 2.04. The van der Waals surface area contributed by atoms with Crippen LogP contribution < -0.4 is 11.1 Å². The fourth-order valence-corrected chi connectivity index (χ4v) is 0.902. The summed E-state index contributed by atoms with van der Waals surface area (Å²) in [5.74, 6) is 0.121. The van der Waals surface area contributed by atoms with Crippen molar-refractivity contribution in [2.24, 2.45) is 11.1 Å². The molecule has 13 heavy (non-hydrogen) atoms. The molecule has 0 heterocycles. The molecule has 0 aliphatic carbocycles. The largest absolute Gasteiger partial charge is 0.353 e. The average molecular weight is 186 g/mol. The lowest BCUT2D eigenvalue weighted by atomic mass is 9.89. The second-order valence-electron chi connectivity index (χ2n) is 4.19. The smallest absolute Gasteiger partial charge is 0.225 e. The lowest BCUT2D eigenvalue weighted by Gasteiger charge is -2.24. The number of amides is 1. The van der Waals surface area contributed by atoms with Crippen molar-refractivity contribution < 1.29 is 4.79 Å². The van der Waals surface area contributed by atoms with Crippen molar-refractivity contribution in [1.29, 1.82) is 0 Å². The van der Waals surface area contributed by atoms with Crippen LogP contribution in [0.4, 0.5) is 0 Å². The highest BCUT2D eigenvalue weighted by atomic mass is 16.2. The summed E-state index contributed by atoms with van der Waals surface area (Å²) in [5, 5.41) is 2.95. The molecule has 3 nitrogen and oxygen atoms in total. The zero-order chi connectivity index (χ0) is 10.5. The predicted molar refractivity (Wildman–Crippen MR) is 55.3 cm³/mol. The molecule has 0 rings (SSSR count). The molecule has 0 aliphatic rings. The van der Waals surface area contributed by atoms with Gasteiger partial charge in [0.25, 0.3) is 0 Å². The summed E-state index contributed by atoms with van der Waals surface area (Å²) in [6, 6.07) is 0.184. The third kappa shape index (κ3) is 4.27. The summed E-state index contributed by atoms with van der Waals surface area (Å²) >= 11 is 0. The monoisotopic (exact) mass is 186 g/mol. The van der Waals surface area contributed by atoms with Crippen LogP contribution in [0.25, 0.3) is 0 Å². The minimum Gasteiger partial charge on any atom is -0.353 e. The molecule has 0 aliphatic heterocycles. The minimum atomic E-state index is -0.261. The maximum Gasteiger partial charge on any atom is 0.225 e. The maximum absolute atomic E-state index is 11.6. The van der Waals surface area contributed by atoms with Gasteiger partial charge in [0.05, 0.1) is 0 Å². The number of hydrogen-bond acceptors (Lipinski definition) is 2. The van der Waals surface area contributed by atoms with E-state index in [1.807, 2.05) is 27.7 Å². The molecule has 0 fully saturated rings. The summed E-state index contributed by atoms with van der Waals surface area (Å²) < 4.78 is 0. The van der Waals surface area contributed by atoms with Gasteiger partial charge in [0.2, 0.25) is 5.91 Å². The van der Waals surface area contributed by atoms with Crippen LogP contribution in [0.15, 0.2) is 0 Å². The van der Waals surface area contributed by atoms with Gasteiger partial charge in [-0.1, -0.05) is 20.8 Å². The Balaban J connectivity index is 3.99. The Morgan fingerprint density at radius 2 is 2.08 bits per heavy atom. The third-order valence-electron chi connectivity index (χ3n) is 2.48.